The lowest BCUT2D eigenvalue weighted by Crippen LogP contribution is -2.22. The van der Waals surface area contributed by atoms with Gasteiger partial charge in [0.25, 0.3) is 0 Å². The van der Waals surface area contributed by atoms with Crippen LogP contribution in [0.3, 0.4) is 0 Å². The standard InChI is InChI=1S/C14H25N3/c1-3-8-15-14-16-9-10-17(14)11-13-7-5-4-6-12(13)2/h9-10,12-13H,3-8,11H2,1-2H3,(H,15,16). The van der Waals surface area contributed by atoms with Gasteiger partial charge in [0.1, 0.15) is 0 Å². The van der Waals surface area contributed by atoms with E-state index in [1.165, 1.54) is 25.7 Å². The van der Waals surface area contributed by atoms with E-state index in [9.17, 15) is 0 Å². The number of hydrogen-bond acceptors (Lipinski definition) is 2. The van der Waals surface area contributed by atoms with Gasteiger partial charge in [-0.25, -0.2) is 4.98 Å². The first kappa shape index (κ1) is 12.5. The maximum absolute atomic E-state index is 4.40. The smallest absolute Gasteiger partial charge is 0.202 e. The van der Waals surface area contributed by atoms with Gasteiger partial charge in [0.2, 0.25) is 5.95 Å². The minimum atomic E-state index is 0.833. The summed E-state index contributed by atoms with van der Waals surface area (Å²) in [5, 5.41) is 3.40. The van der Waals surface area contributed by atoms with Gasteiger partial charge in [-0.2, -0.15) is 0 Å². The summed E-state index contributed by atoms with van der Waals surface area (Å²) in [7, 11) is 0. The van der Waals surface area contributed by atoms with Crippen molar-refractivity contribution in [2.75, 3.05) is 11.9 Å². The van der Waals surface area contributed by atoms with E-state index in [0.717, 1.165) is 37.3 Å². The molecular formula is C14H25N3. The van der Waals surface area contributed by atoms with E-state index in [2.05, 4.69) is 34.9 Å². The van der Waals surface area contributed by atoms with Crippen LogP contribution in [0.1, 0.15) is 46.0 Å². The van der Waals surface area contributed by atoms with Gasteiger partial charge in [-0.15, -0.1) is 0 Å². The van der Waals surface area contributed by atoms with Crippen LogP contribution in [0.4, 0.5) is 5.95 Å². The molecule has 1 heterocycles. The van der Waals surface area contributed by atoms with Crippen molar-refractivity contribution < 1.29 is 0 Å². The Kier molecular flexibility index (Phi) is 4.46. The Hall–Kier alpha value is -0.990. The molecule has 0 amide bonds. The third-order valence-electron chi connectivity index (χ3n) is 3.97. The van der Waals surface area contributed by atoms with Crippen molar-refractivity contribution in [3.63, 3.8) is 0 Å². The van der Waals surface area contributed by atoms with Gasteiger partial charge in [-0.3, -0.25) is 0 Å². The number of imidazole rings is 1. The first-order valence-electron chi connectivity index (χ1n) is 7.06. The fraction of sp³-hybridized carbons (Fsp3) is 0.786. The number of nitrogens with one attached hydrogen (secondary N) is 1. The number of anilines is 1. The second-order valence-corrected chi connectivity index (χ2v) is 5.35. The van der Waals surface area contributed by atoms with Crippen molar-refractivity contribution in [2.45, 2.75) is 52.5 Å². The maximum atomic E-state index is 4.40. The molecule has 1 saturated carbocycles. The van der Waals surface area contributed by atoms with Crippen LogP contribution in [0.15, 0.2) is 12.4 Å². The summed E-state index contributed by atoms with van der Waals surface area (Å²) >= 11 is 0. The Bertz CT molecular complexity index is 332. The highest BCUT2D eigenvalue weighted by Gasteiger charge is 2.22. The van der Waals surface area contributed by atoms with Crippen molar-refractivity contribution >= 4 is 5.95 Å². The molecule has 1 aromatic heterocycles. The first-order valence-corrected chi connectivity index (χ1v) is 7.06. The minimum absolute atomic E-state index is 0.833. The molecule has 0 radical (unpaired) electrons. The molecule has 0 aromatic carbocycles. The van der Waals surface area contributed by atoms with Crippen molar-refractivity contribution in [3.05, 3.63) is 12.4 Å². The molecule has 2 unspecified atom stereocenters. The molecule has 2 rings (SSSR count). The number of rotatable bonds is 5. The summed E-state index contributed by atoms with van der Waals surface area (Å²) in [4.78, 5) is 4.40. The topological polar surface area (TPSA) is 29.9 Å². The van der Waals surface area contributed by atoms with Crippen LogP contribution >= 0.6 is 0 Å². The largest absolute Gasteiger partial charge is 0.356 e. The predicted octanol–water partition coefficient (Wildman–Crippen LogP) is 3.53. The highest BCUT2D eigenvalue weighted by molar-refractivity contribution is 5.25. The summed E-state index contributed by atoms with van der Waals surface area (Å²) in [5.74, 6) is 2.75. The third kappa shape index (κ3) is 3.24. The maximum Gasteiger partial charge on any atom is 0.202 e. The van der Waals surface area contributed by atoms with Crippen LogP contribution in [0.5, 0.6) is 0 Å². The van der Waals surface area contributed by atoms with Gasteiger partial charge in [-0.1, -0.05) is 33.1 Å². The Labute approximate surface area is 105 Å². The zero-order valence-electron chi connectivity index (χ0n) is 11.2. The summed E-state index contributed by atoms with van der Waals surface area (Å²) < 4.78 is 2.29. The fourth-order valence-electron chi connectivity index (χ4n) is 2.78. The summed E-state index contributed by atoms with van der Waals surface area (Å²) in [5.41, 5.74) is 0. The van der Waals surface area contributed by atoms with Gasteiger partial charge < -0.3 is 9.88 Å². The quantitative estimate of drug-likeness (QED) is 0.846. The molecule has 1 aliphatic carbocycles. The molecule has 0 spiro atoms. The number of aromatic nitrogens is 2. The first-order chi connectivity index (χ1) is 8.31. The molecule has 1 N–H and O–H groups in total. The summed E-state index contributed by atoms with van der Waals surface area (Å²) in [6.07, 6.45) is 10.8. The molecule has 3 heteroatoms. The van der Waals surface area contributed by atoms with E-state index in [0.29, 0.717) is 0 Å². The molecule has 0 bridgehead atoms. The van der Waals surface area contributed by atoms with E-state index >= 15 is 0 Å². The normalized spacial score (nSPS) is 24.8. The molecule has 0 aliphatic heterocycles. The zero-order valence-corrected chi connectivity index (χ0v) is 11.2. The second kappa shape index (κ2) is 6.08. The van der Waals surface area contributed by atoms with E-state index < -0.39 is 0 Å². The Morgan fingerprint density at radius 1 is 1.41 bits per heavy atom. The van der Waals surface area contributed by atoms with E-state index in [4.69, 9.17) is 0 Å². The van der Waals surface area contributed by atoms with E-state index in [-0.39, 0.29) is 0 Å². The van der Waals surface area contributed by atoms with Crippen molar-refractivity contribution in [1.29, 1.82) is 0 Å². The van der Waals surface area contributed by atoms with Crippen LogP contribution in [0.2, 0.25) is 0 Å². The van der Waals surface area contributed by atoms with Gasteiger partial charge >= 0.3 is 0 Å². The van der Waals surface area contributed by atoms with Crippen LogP contribution in [-0.4, -0.2) is 16.1 Å². The van der Waals surface area contributed by atoms with Crippen LogP contribution in [0, 0.1) is 11.8 Å². The van der Waals surface area contributed by atoms with Gasteiger partial charge in [0, 0.05) is 25.5 Å². The lowest BCUT2D eigenvalue weighted by atomic mass is 9.80. The van der Waals surface area contributed by atoms with Gasteiger partial charge in [0.05, 0.1) is 0 Å². The molecular weight excluding hydrogens is 210 g/mol. The average molecular weight is 235 g/mol. The zero-order chi connectivity index (χ0) is 12.1. The summed E-state index contributed by atoms with van der Waals surface area (Å²) in [6, 6.07) is 0. The molecule has 2 atom stereocenters. The number of hydrogen-bond donors (Lipinski definition) is 1. The lowest BCUT2D eigenvalue weighted by molar-refractivity contribution is 0.229. The number of nitrogens with zero attached hydrogens (tertiary/aromatic N) is 2. The SMILES string of the molecule is CCCNc1nccn1CC1CCCCC1C. The molecule has 1 aromatic rings. The third-order valence-corrected chi connectivity index (χ3v) is 3.97. The van der Waals surface area contributed by atoms with Crippen LogP contribution < -0.4 is 5.32 Å². The second-order valence-electron chi connectivity index (χ2n) is 5.35. The van der Waals surface area contributed by atoms with Gasteiger partial charge in [-0.05, 0) is 24.7 Å². The van der Waals surface area contributed by atoms with Crippen molar-refractivity contribution in [1.82, 2.24) is 9.55 Å². The lowest BCUT2D eigenvalue weighted by Gasteiger charge is -2.29. The predicted molar refractivity (Wildman–Crippen MR) is 72.1 cm³/mol. The van der Waals surface area contributed by atoms with Crippen molar-refractivity contribution in [2.24, 2.45) is 11.8 Å². The minimum Gasteiger partial charge on any atom is -0.356 e. The Morgan fingerprint density at radius 2 is 2.24 bits per heavy atom. The summed E-state index contributed by atoms with van der Waals surface area (Å²) in [6.45, 7) is 6.73. The Morgan fingerprint density at radius 3 is 3.00 bits per heavy atom. The average Bonchev–Trinajstić information content (AvgIpc) is 2.77. The van der Waals surface area contributed by atoms with E-state index in [1.807, 2.05) is 6.20 Å². The molecule has 96 valence electrons. The van der Waals surface area contributed by atoms with Crippen LogP contribution in [0.25, 0.3) is 0 Å². The molecule has 3 nitrogen and oxygen atoms in total. The molecule has 17 heavy (non-hydrogen) atoms. The fourth-order valence-corrected chi connectivity index (χ4v) is 2.78. The highest BCUT2D eigenvalue weighted by Crippen LogP contribution is 2.31. The van der Waals surface area contributed by atoms with Gasteiger partial charge in [0.15, 0.2) is 0 Å². The highest BCUT2D eigenvalue weighted by atomic mass is 15.2. The molecule has 1 fully saturated rings. The van der Waals surface area contributed by atoms with E-state index in [1.54, 1.807) is 0 Å². The van der Waals surface area contributed by atoms with Crippen molar-refractivity contribution in [3.8, 4) is 0 Å². The Balaban J connectivity index is 1.95. The molecule has 1 aliphatic rings. The monoisotopic (exact) mass is 235 g/mol. The molecule has 0 saturated heterocycles. The van der Waals surface area contributed by atoms with Crippen LogP contribution in [-0.2, 0) is 6.54 Å².